The molecule has 0 aromatic heterocycles. The molecule has 0 saturated heterocycles. The van der Waals surface area contributed by atoms with Gasteiger partial charge in [0.2, 0.25) is 0 Å². The first kappa shape index (κ1) is 15.9. The van der Waals surface area contributed by atoms with Gasteiger partial charge in [0.15, 0.2) is 0 Å². The van der Waals surface area contributed by atoms with Crippen LogP contribution in [0.3, 0.4) is 0 Å². The van der Waals surface area contributed by atoms with Crippen molar-refractivity contribution in [1.82, 2.24) is 0 Å². The second kappa shape index (κ2) is 44.7. The Bertz CT molecular complexity index is 9.61. The van der Waals surface area contributed by atoms with E-state index in [2.05, 4.69) is 0 Å². The zero-order valence-electron chi connectivity index (χ0n) is 2.12. The Hall–Kier alpha value is 1.66. The molecule has 0 atom stereocenters. The predicted octanol–water partition coefficient (Wildman–Crippen LogP) is -0.577. The van der Waals surface area contributed by atoms with Gasteiger partial charge in [-0.2, -0.15) is 0 Å². The van der Waals surface area contributed by atoms with Crippen LogP contribution in [-0.2, 0) is 5.63 Å². The van der Waals surface area contributed by atoms with Crippen molar-refractivity contribution in [3.8, 4) is 0 Å². The van der Waals surface area contributed by atoms with E-state index < -0.39 is 0 Å². The zero-order valence-corrected chi connectivity index (χ0v) is 9.89. The van der Waals surface area contributed by atoms with E-state index in [-0.39, 0.29) is 61.9 Å². The summed E-state index contributed by atoms with van der Waals surface area (Å²) in [4.78, 5) is 0. The van der Waals surface area contributed by atoms with Gasteiger partial charge < -0.3 is 0 Å². The zero-order chi connectivity index (χ0) is 4.00. The van der Waals surface area contributed by atoms with E-state index in [1.54, 1.807) is 0 Å². The summed E-state index contributed by atoms with van der Waals surface area (Å²) in [5.74, 6) is 0. The standard InChI is InChI=1S/2Bi.ClH.2O/h;;1H;;. The molecule has 0 aromatic rings. The molecule has 0 aliphatic carbocycles. The SMILES string of the molecule is Cl.[O]=[Bi].[O]=[Bi]. The molecule has 2 radical (unpaired) electrons. The van der Waals surface area contributed by atoms with Gasteiger partial charge in [0.1, 0.15) is 0 Å². The van der Waals surface area contributed by atoms with E-state index in [4.69, 9.17) is 5.63 Å². The van der Waals surface area contributed by atoms with E-state index in [0.717, 1.165) is 0 Å². The Balaban J connectivity index is -0.0000000133. The fourth-order valence-corrected chi connectivity index (χ4v) is 0. The number of halogens is 1. The second-order valence-electron chi connectivity index (χ2n) is 0. The van der Waals surface area contributed by atoms with Crippen molar-refractivity contribution >= 4 is 61.9 Å². The molecule has 0 bridgehead atoms. The monoisotopic (exact) mass is 486 g/mol. The van der Waals surface area contributed by atoms with Crippen LogP contribution in [0.1, 0.15) is 0 Å². The van der Waals surface area contributed by atoms with E-state index >= 15 is 0 Å². The maximum atomic E-state index is 8.36. The van der Waals surface area contributed by atoms with Crippen LogP contribution in [0.4, 0.5) is 0 Å². The van der Waals surface area contributed by atoms with Gasteiger partial charge in [-0.3, -0.25) is 0 Å². The molecule has 2 nitrogen and oxygen atoms in total. The van der Waals surface area contributed by atoms with Gasteiger partial charge in [-0.05, 0) is 0 Å². The number of hydrogen-bond donors (Lipinski definition) is 0. The molecule has 0 aromatic carbocycles. The van der Waals surface area contributed by atoms with Gasteiger partial charge in [-0.1, -0.05) is 0 Å². The third kappa shape index (κ3) is 27.6. The molecule has 5 heavy (non-hydrogen) atoms. The van der Waals surface area contributed by atoms with Gasteiger partial charge in [-0.25, -0.2) is 0 Å². The van der Waals surface area contributed by atoms with Crippen molar-refractivity contribution in [2.24, 2.45) is 0 Å². The molecule has 0 amide bonds. The van der Waals surface area contributed by atoms with Crippen molar-refractivity contribution in [2.45, 2.75) is 0 Å². The van der Waals surface area contributed by atoms with Crippen LogP contribution < -0.4 is 0 Å². The summed E-state index contributed by atoms with van der Waals surface area (Å²) in [7, 11) is 0. The third-order valence-electron chi connectivity index (χ3n) is 0. The Morgan fingerprint density at radius 1 is 0.800 bits per heavy atom. The molecule has 5 heteroatoms. The molecule has 0 unspecified atom stereocenters. The van der Waals surface area contributed by atoms with Gasteiger partial charge in [0, 0.05) is 0 Å². The predicted molar refractivity (Wildman–Crippen MR) is 20.1 cm³/mol. The molecule has 0 aliphatic rings. The van der Waals surface area contributed by atoms with Gasteiger partial charge in [0.05, 0.1) is 0 Å². The number of rotatable bonds is 0. The summed E-state index contributed by atoms with van der Waals surface area (Å²) >= 11 is 0.389. The van der Waals surface area contributed by atoms with Crippen molar-refractivity contribution in [3.05, 3.63) is 0 Å². The van der Waals surface area contributed by atoms with Crippen LogP contribution in [0.2, 0.25) is 0 Å². The Labute approximate surface area is 66.7 Å². The minimum absolute atomic E-state index is 0. The maximum absolute atomic E-state index is 8.36. The average molecular weight is 486 g/mol. The van der Waals surface area contributed by atoms with Crippen LogP contribution >= 0.6 is 12.4 Å². The molecule has 0 N–H and O–H groups in total. The first-order valence-corrected chi connectivity index (χ1v) is 3.20. The fraction of sp³-hybridized carbons (Fsp3) is 0. The molecule has 0 heterocycles. The summed E-state index contributed by atoms with van der Waals surface area (Å²) in [6, 6.07) is 0. The van der Waals surface area contributed by atoms with Crippen molar-refractivity contribution in [1.29, 1.82) is 0 Å². The van der Waals surface area contributed by atoms with Crippen LogP contribution in [0.15, 0.2) is 0 Å². The number of hydrogen-bond acceptors (Lipinski definition) is 2. The summed E-state index contributed by atoms with van der Waals surface area (Å²) in [5.41, 5.74) is 0. The molecule has 0 spiro atoms. The van der Waals surface area contributed by atoms with Crippen LogP contribution in [0.5, 0.6) is 0 Å². The van der Waals surface area contributed by atoms with Gasteiger partial charge in [-0.15, -0.1) is 12.4 Å². The Morgan fingerprint density at radius 3 is 0.800 bits per heavy atom. The van der Waals surface area contributed by atoms with Crippen molar-refractivity contribution in [3.63, 3.8) is 0 Å². The summed E-state index contributed by atoms with van der Waals surface area (Å²) in [6.45, 7) is 0. The molecule has 0 saturated carbocycles. The average Bonchev–Trinajstić information content (AvgIpc) is 1.50. The summed E-state index contributed by atoms with van der Waals surface area (Å²) in [5, 5.41) is 0. The molecule has 0 fully saturated rings. The van der Waals surface area contributed by atoms with Crippen molar-refractivity contribution < 1.29 is 5.63 Å². The third-order valence-corrected chi connectivity index (χ3v) is 0. The quantitative estimate of drug-likeness (QED) is 0.430. The minimum atomic E-state index is 0. The molecular weight excluding hydrogens is 485 g/mol. The van der Waals surface area contributed by atoms with Crippen LogP contribution in [0, 0.1) is 0 Å². The first-order chi connectivity index (χ1) is 2.00. The van der Waals surface area contributed by atoms with Crippen LogP contribution in [0.25, 0.3) is 0 Å². The molecular formula is HBi2ClO2. The van der Waals surface area contributed by atoms with Crippen LogP contribution in [-0.4, -0.2) is 49.4 Å². The molecule has 0 rings (SSSR count). The van der Waals surface area contributed by atoms with Crippen molar-refractivity contribution in [2.75, 3.05) is 0 Å². The van der Waals surface area contributed by atoms with E-state index in [0.29, 0.717) is 0 Å². The normalized spacial score (nSPS) is 1.60. The Morgan fingerprint density at radius 2 is 0.800 bits per heavy atom. The molecule has 30 valence electrons. The van der Waals surface area contributed by atoms with E-state index in [9.17, 15) is 0 Å². The fourth-order valence-electron chi connectivity index (χ4n) is 0. The second-order valence-corrected chi connectivity index (χ2v) is 0. The molecule has 0 aliphatic heterocycles. The van der Waals surface area contributed by atoms with Gasteiger partial charge in [0.25, 0.3) is 0 Å². The Kier molecular flexibility index (Phi) is 142. The van der Waals surface area contributed by atoms with Gasteiger partial charge >= 0.3 is 55.1 Å². The first-order valence-electron chi connectivity index (χ1n) is 0.365. The summed E-state index contributed by atoms with van der Waals surface area (Å²) in [6.07, 6.45) is 0. The topological polar surface area (TPSA) is 34.1 Å². The van der Waals surface area contributed by atoms with E-state index in [1.807, 2.05) is 0 Å². The van der Waals surface area contributed by atoms with E-state index in [1.165, 1.54) is 0 Å². The summed E-state index contributed by atoms with van der Waals surface area (Å²) < 4.78 is 16.7.